The second kappa shape index (κ2) is 3.46. The summed E-state index contributed by atoms with van der Waals surface area (Å²) in [6, 6.07) is 16.4. The van der Waals surface area contributed by atoms with Gasteiger partial charge in [-0.05, 0) is 12.1 Å². The molecule has 0 fully saturated rings. The fraction of sp³-hybridized carbons (Fsp3) is 0.0714. The van der Waals surface area contributed by atoms with Crippen LogP contribution in [0, 0.1) is 0 Å². The molecular formula is C14H11ClN+. The first kappa shape index (κ1) is 9.61. The number of aryl methyl sites for hydroxylation is 1. The number of aromatic nitrogens is 1. The Balaban J connectivity index is 2.67. The van der Waals surface area contributed by atoms with Gasteiger partial charge in [0.1, 0.15) is 7.05 Å². The lowest BCUT2D eigenvalue weighted by Crippen LogP contribution is -2.30. The minimum absolute atomic E-state index is 0.837. The number of nitrogens with zero attached hydrogens (tertiary/aromatic N) is 1. The Hall–Kier alpha value is -1.60. The van der Waals surface area contributed by atoms with E-state index >= 15 is 0 Å². The number of hydrogen-bond acceptors (Lipinski definition) is 0. The summed E-state index contributed by atoms with van der Waals surface area (Å²) in [6.07, 6.45) is 0. The van der Waals surface area contributed by atoms with Gasteiger partial charge in [-0.25, -0.2) is 0 Å². The molecule has 0 saturated heterocycles. The van der Waals surface area contributed by atoms with Gasteiger partial charge in [0.15, 0.2) is 0 Å². The zero-order valence-electron chi connectivity index (χ0n) is 8.94. The lowest BCUT2D eigenvalue weighted by molar-refractivity contribution is -0.617. The molecule has 1 aromatic heterocycles. The van der Waals surface area contributed by atoms with Crippen molar-refractivity contribution in [2.75, 3.05) is 0 Å². The van der Waals surface area contributed by atoms with Crippen molar-refractivity contribution in [3.63, 3.8) is 0 Å². The molecule has 0 N–H and O–H groups in total. The maximum Gasteiger partial charge on any atom is 0.214 e. The van der Waals surface area contributed by atoms with E-state index in [0.29, 0.717) is 0 Å². The molecule has 2 aromatic carbocycles. The van der Waals surface area contributed by atoms with Gasteiger partial charge in [0.2, 0.25) is 11.0 Å². The summed E-state index contributed by atoms with van der Waals surface area (Å²) in [7, 11) is 2.07. The Morgan fingerprint density at radius 3 is 1.75 bits per heavy atom. The molecule has 0 radical (unpaired) electrons. The Labute approximate surface area is 98.9 Å². The lowest BCUT2D eigenvalue weighted by atomic mass is 10.1. The minimum atomic E-state index is 0.837. The third-order valence-electron chi connectivity index (χ3n) is 3.00. The molecule has 1 heterocycles. The molecule has 1 nitrogen and oxygen atoms in total. The van der Waals surface area contributed by atoms with Crippen molar-refractivity contribution in [2.24, 2.45) is 7.05 Å². The van der Waals surface area contributed by atoms with Crippen LogP contribution < -0.4 is 4.57 Å². The Bertz CT molecular complexity index is 572. The molecule has 3 rings (SSSR count). The van der Waals surface area contributed by atoms with Gasteiger partial charge >= 0.3 is 0 Å². The molecular weight excluding hydrogens is 218 g/mol. The van der Waals surface area contributed by atoms with Gasteiger partial charge in [0.25, 0.3) is 0 Å². The van der Waals surface area contributed by atoms with E-state index in [2.05, 4.69) is 35.9 Å². The molecule has 16 heavy (non-hydrogen) atoms. The van der Waals surface area contributed by atoms with E-state index in [0.717, 1.165) is 26.8 Å². The van der Waals surface area contributed by atoms with E-state index in [9.17, 15) is 0 Å². The molecule has 0 amide bonds. The number of pyridine rings is 1. The maximum atomic E-state index is 6.43. The van der Waals surface area contributed by atoms with Crippen LogP contribution in [-0.4, -0.2) is 0 Å². The van der Waals surface area contributed by atoms with Crippen LogP contribution in [0.3, 0.4) is 0 Å². The van der Waals surface area contributed by atoms with Crippen molar-refractivity contribution in [1.29, 1.82) is 0 Å². The molecule has 2 heteroatoms. The number of halogens is 1. The topological polar surface area (TPSA) is 3.88 Å². The molecule has 78 valence electrons. The monoisotopic (exact) mass is 228 g/mol. The minimum Gasteiger partial charge on any atom is -0.194 e. The maximum absolute atomic E-state index is 6.43. The van der Waals surface area contributed by atoms with E-state index in [-0.39, 0.29) is 0 Å². The summed E-state index contributed by atoms with van der Waals surface area (Å²) in [5, 5.41) is 3.04. The Morgan fingerprint density at radius 2 is 1.25 bits per heavy atom. The van der Waals surface area contributed by atoms with E-state index in [1.54, 1.807) is 0 Å². The molecule has 0 saturated carbocycles. The quantitative estimate of drug-likeness (QED) is 0.410. The predicted octanol–water partition coefficient (Wildman–Crippen LogP) is 3.47. The molecule has 0 aliphatic heterocycles. The fourth-order valence-electron chi connectivity index (χ4n) is 2.18. The second-order valence-corrected chi connectivity index (χ2v) is 4.29. The third-order valence-corrected chi connectivity index (χ3v) is 3.41. The standard InChI is InChI=1S/C14H11ClN/c1-16-12-8-4-2-6-10(12)14(15)11-7-3-5-9-13(11)16/h2-9H,1H3/q+1. The van der Waals surface area contributed by atoms with Crippen LogP contribution in [0.25, 0.3) is 21.8 Å². The van der Waals surface area contributed by atoms with Crippen molar-refractivity contribution in [2.45, 2.75) is 0 Å². The number of rotatable bonds is 0. The smallest absolute Gasteiger partial charge is 0.194 e. The molecule has 3 aromatic rings. The Kier molecular flexibility index (Phi) is 2.08. The van der Waals surface area contributed by atoms with Gasteiger partial charge in [-0.2, -0.15) is 4.57 Å². The van der Waals surface area contributed by atoms with E-state index in [1.165, 1.54) is 0 Å². The van der Waals surface area contributed by atoms with E-state index in [1.807, 2.05) is 24.3 Å². The van der Waals surface area contributed by atoms with E-state index in [4.69, 9.17) is 11.6 Å². The largest absolute Gasteiger partial charge is 0.214 e. The van der Waals surface area contributed by atoms with Crippen LogP contribution in [0.5, 0.6) is 0 Å². The zero-order valence-corrected chi connectivity index (χ0v) is 9.70. The predicted molar refractivity (Wildman–Crippen MR) is 67.6 cm³/mol. The van der Waals surface area contributed by atoms with Crippen molar-refractivity contribution in [1.82, 2.24) is 0 Å². The molecule has 0 unspecified atom stereocenters. The highest BCUT2D eigenvalue weighted by atomic mass is 35.5. The second-order valence-electron chi connectivity index (χ2n) is 3.91. The van der Waals surface area contributed by atoms with E-state index < -0.39 is 0 Å². The number of benzene rings is 2. The van der Waals surface area contributed by atoms with Gasteiger partial charge in [-0.1, -0.05) is 35.9 Å². The first-order valence-corrected chi connectivity index (χ1v) is 5.62. The summed E-state index contributed by atoms with van der Waals surface area (Å²) in [4.78, 5) is 0. The van der Waals surface area contributed by atoms with Crippen molar-refractivity contribution < 1.29 is 4.57 Å². The highest BCUT2D eigenvalue weighted by Crippen LogP contribution is 2.28. The van der Waals surface area contributed by atoms with Gasteiger partial charge in [0, 0.05) is 12.1 Å². The van der Waals surface area contributed by atoms with Crippen LogP contribution in [0.4, 0.5) is 0 Å². The van der Waals surface area contributed by atoms with Crippen molar-refractivity contribution >= 4 is 33.4 Å². The number of para-hydroxylation sites is 2. The van der Waals surface area contributed by atoms with Gasteiger partial charge in [0.05, 0.1) is 15.8 Å². The molecule has 0 bridgehead atoms. The first-order chi connectivity index (χ1) is 7.79. The van der Waals surface area contributed by atoms with Crippen LogP contribution in [0.2, 0.25) is 5.02 Å². The summed E-state index contributed by atoms with van der Waals surface area (Å²) in [6.45, 7) is 0. The number of fused-ring (bicyclic) bond motifs is 2. The SMILES string of the molecule is C[n+]1c2ccccc2c(Cl)c2ccccc21. The van der Waals surface area contributed by atoms with Crippen LogP contribution >= 0.6 is 11.6 Å². The average molecular weight is 229 g/mol. The molecule has 0 spiro atoms. The van der Waals surface area contributed by atoms with Gasteiger partial charge in [-0.15, -0.1) is 0 Å². The first-order valence-electron chi connectivity index (χ1n) is 5.24. The van der Waals surface area contributed by atoms with Gasteiger partial charge in [-0.3, -0.25) is 0 Å². The zero-order chi connectivity index (χ0) is 11.1. The van der Waals surface area contributed by atoms with Crippen molar-refractivity contribution in [3.05, 3.63) is 53.6 Å². The highest BCUT2D eigenvalue weighted by Gasteiger charge is 2.14. The third kappa shape index (κ3) is 1.22. The summed E-state index contributed by atoms with van der Waals surface area (Å²) in [5.41, 5.74) is 2.32. The number of hydrogen-bond donors (Lipinski definition) is 0. The van der Waals surface area contributed by atoms with Crippen LogP contribution in [0.15, 0.2) is 48.5 Å². The van der Waals surface area contributed by atoms with Crippen LogP contribution in [0.1, 0.15) is 0 Å². The highest BCUT2D eigenvalue weighted by molar-refractivity contribution is 6.39. The summed E-state index contributed by atoms with van der Waals surface area (Å²) >= 11 is 6.43. The van der Waals surface area contributed by atoms with Crippen LogP contribution in [-0.2, 0) is 7.05 Å². The lowest BCUT2D eigenvalue weighted by Gasteiger charge is -2.04. The molecule has 0 atom stereocenters. The average Bonchev–Trinajstić information content (AvgIpc) is 2.36. The van der Waals surface area contributed by atoms with Gasteiger partial charge < -0.3 is 0 Å². The fourth-order valence-corrected chi connectivity index (χ4v) is 2.50. The summed E-state index contributed by atoms with van der Waals surface area (Å²) in [5.74, 6) is 0. The molecule has 0 aliphatic carbocycles. The molecule has 0 aliphatic rings. The summed E-state index contributed by atoms with van der Waals surface area (Å²) < 4.78 is 2.18. The Morgan fingerprint density at radius 1 is 0.812 bits per heavy atom. The normalized spacial score (nSPS) is 11.1. The van der Waals surface area contributed by atoms with Crippen molar-refractivity contribution in [3.8, 4) is 0 Å².